The van der Waals surface area contributed by atoms with Crippen molar-refractivity contribution in [1.29, 1.82) is 0 Å². The third kappa shape index (κ3) is 1.58. The zero-order chi connectivity index (χ0) is 11.7. The van der Waals surface area contributed by atoms with Crippen molar-refractivity contribution in [2.45, 2.75) is 13.5 Å². The SMILES string of the molecule is CNC(=O)Cn1nc(C)n2cccc2c1=O. The quantitative estimate of drug-likeness (QED) is 0.745. The van der Waals surface area contributed by atoms with E-state index in [1.165, 1.54) is 11.7 Å². The van der Waals surface area contributed by atoms with Gasteiger partial charge in [-0.25, -0.2) is 4.68 Å². The van der Waals surface area contributed by atoms with Crippen LogP contribution >= 0.6 is 0 Å². The molecule has 2 aromatic heterocycles. The van der Waals surface area contributed by atoms with Crippen LogP contribution < -0.4 is 10.9 Å². The van der Waals surface area contributed by atoms with Crippen molar-refractivity contribution in [2.24, 2.45) is 0 Å². The van der Waals surface area contributed by atoms with Crippen LogP contribution in [0.15, 0.2) is 23.1 Å². The fraction of sp³-hybridized carbons (Fsp3) is 0.300. The molecule has 0 aromatic carbocycles. The highest BCUT2D eigenvalue weighted by molar-refractivity contribution is 5.75. The molecule has 0 spiro atoms. The van der Waals surface area contributed by atoms with Crippen LogP contribution in [0.5, 0.6) is 0 Å². The maximum absolute atomic E-state index is 11.9. The molecule has 0 unspecified atom stereocenters. The smallest absolute Gasteiger partial charge is 0.291 e. The van der Waals surface area contributed by atoms with Crippen LogP contribution in [0.1, 0.15) is 5.82 Å². The zero-order valence-corrected chi connectivity index (χ0v) is 9.10. The van der Waals surface area contributed by atoms with Crippen molar-refractivity contribution < 1.29 is 4.79 Å². The predicted molar refractivity (Wildman–Crippen MR) is 58.3 cm³/mol. The average molecular weight is 220 g/mol. The summed E-state index contributed by atoms with van der Waals surface area (Å²) >= 11 is 0. The number of aryl methyl sites for hydroxylation is 1. The van der Waals surface area contributed by atoms with Gasteiger partial charge in [-0.2, -0.15) is 5.10 Å². The van der Waals surface area contributed by atoms with Gasteiger partial charge in [-0.05, 0) is 19.1 Å². The second kappa shape index (κ2) is 3.80. The molecule has 0 bridgehead atoms. The topological polar surface area (TPSA) is 68.4 Å². The van der Waals surface area contributed by atoms with Crippen molar-refractivity contribution in [3.63, 3.8) is 0 Å². The molecule has 84 valence electrons. The molecule has 6 nitrogen and oxygen atoms in total. The molecule has 0 aliphatic rings. The molecule has 16 heavy (non-hydrogen) atoms. The Kier molecular flexibility index (Phi) is 2.47. The molecule has 2 rings (SSSR count). The summed E-state index contributed by atoms with van der Waals surface area (Å²) < 4.78 is 2.87. The minimum Gasteiger partial charge on any atom is -0.358 e. The molecule has 2 heterocycles. The zero-order valence-electron chi connectivity index (χ0n) is 9.10. The van der Waals surface area contributed by atoms with E-state index in [-0.39, 0.29) is 18.0 Å². The normalized spacial score (nSPS) is 10.6. The Morgan fingerprint density at radius 3 is 3.00 bits per heavy atom. The van der Waals surface area contributed by atoms with E-state index in [1.807, 2.05) is 0 Å². The number of carbonyl (C=O) groups is 1. The van der Waals surface area contributed by atoms with E-state index in [1.54, 1.807) is 29.7 Å². The van der Waals surface area contributed by atoms with Crippen LogP contribution in [0, 0.1) is 6.92 Å². The summed E-state index contributed by atoms with van der Waals surface area (Å²) in [6, 6.07) is 3.48. The first-order valence-electron chi connectivity index (χ1n) is 4.89. The Bertz CT molecular complexity index is 596. The molecule has 1 amide bonds. The van der Waals surface area contributed by atoms with Gasteiger partial charge in [0.1, 0.15) is 17.9 Å². The average Bonchev–Trinajstić information content (AvgIpc) is 2.74. The Morgan fingerprint density at radius 2 is 2.31 bits per heavy atom. The van der Waals surface area contributed by atoms with Crippen LogP contribution in [-0.4, -0.2) is 27.1 Å². The molecular formula is C10H12N4O2. The van der Waals surface area contributed by atoms with Crippen LogP contribution in [0.2, 0.25) is 0 Å². The van der Waals surface area contributed by atoms with E-state index in [2.05, 4.69) is 10.4 Å². The highest BCUT2D eigenvalue weighted by atomic mass is 16.2. The number of likely N-dealkylation sites (N-methyl/N-ethyl adjacent to an activating group) is 1. The van der Waals surface area contributed by atoms with Crippen molar-refractivity contribution in [2.75, 3.05) is 7.05 Å². The number of nitrogens with zero attached hydrogens (tertiary/aromatic N) is 3. The lowest BCUT2D eigenvalue weighted by Gasteiger charge is -2.06. The molecule has 0 aliphatic heterocycles. The second-order valence-electron chi connectivity index (χ2n) is 3.45. The van der Waals surface area contributed by atoms with Gasteiger partial charge in [-0.3, -0.25) is 14.0 Å². The monoisotopic (exact) mass is 220 g/mol. The van der Waals surface area contributed by atoms with Crippen molar-refractivity contribution in [1.82, 2.24) is 19.5 Å². The summed E-state index contributed by atoms with van der Waals surface area (Å²) in [5.74, 6) is 0.424. The van der Waals surface area contributed by atoms with E-state index in [9.17, 15) is 9.59 Å². The van der Waals surface area contributed by atoms with Crippen molar-refractivity contribution in [3.8, 4) is 0 Å². The van der Waals surface area contributed by atoms with Gasteiger partial charge in [0, 0.05) is 13.2 Å². The Labute approximate surface area is 91.5 Å². The van der Waals surface area contributed by atoms with Crippen molar-refractivity contribution >= 4 is 11.4 Å². The first-order valence-corrected chi connectivity index (χ1v) is 4.89. The summed E-state index contributed by atoms with van der Waals surface area (Å²) in [7, 11) is 1.52. The fourth-order valence-corrected chi connectivity index (χ4v) is 1.56. The third-order valence-corrected chi connectivity index (χ3v) is 2.39. The number of aromatic nitrogens is 3. The first-order chi connectivity index (χ1) is 7.63. The molecule has 2 aromatic rings. The van der Waals surface area contributed by atoms with Gasteiger partial charge in [-0.15, -0.1) is 0 Å². The minimum absolute atomic E-state index is 0.0577. The van der Waals surface area contributed by atoms with Gasteiger partial charge in [0.25, 0.3) is 5.56 Å². The number of rotatable bonds is 2. The molecule has 0 atom stereocenters. The summed E-state index contributed by atoms with van der Waals surface area (Å²) in [5.41, 5.74) is 0.260. The van der Waals surface area contributed by atoms with Crippen LogP contribution in [0.3, 0.4) is 0 Å². The number of hydrogen-bond donors (Lipinski definition) is 1. The number of nitrogens with one attached hydrogen (secondary N) is 1. The number of fused-ring (bicyclic) bond motifs is 1. The predicted octanol–water partition coefficient (Wildman–Crippen LogP) is -0.450. The summed E-state index contributed by atoms with van der Waals surface area (Å²) in [6.07, 6.45) is 1.77. The summed E-state index contributed by atoms with van der Waals surface area (Å²) in [4.78, 5) is 23.1. The van der Waals surface area contributed by atoms with E-state index < -0.39 is 0 Å². The van der Waals surface area contributed by atoms with E-state index >= 15 is 0 Å². The molecule has 1 N–H and O–H groups in total. The van der Waals surface area contributed by atoms with Gasteiger partial charge in [-0.1, -0.05) is 0 Å². The van der Waals surface area contributed by atoms with Crippen LogP contribution in [0.25, 0.3) is 5.52 Å². The van der Waals surface area contributed by atoms with E-state index in [0.29, 0.717) is 11.3 Å². The molecule has 0 aliphatic carbocycles. The van der Waals surface area contributed by atoms with Gasteiger partial charge in [0.05, 0.1) is 0 Å². The van der Waals surface area contributed by atoms with Gasteiger partial charge < -0.3 is 5.32 Å². The fourth-order valence-electron chi connectivity index (χ4n) is 1.56. The lowest BCUT2D eigenvalue weighted by molar-refractivity contribution is -0.121. The van der Waals surface area contributed by atoms with Gasteiger partial charge >= 0.3 is 0 Å². The second-order valence-corrected chi connectivity index (χ2v) is 3.45. The standard InChI is InChI=1S/C10H12N4O2/c1-7-12-14(6-9(15)11-2)10(16)8-4-3-5-13(7)8/h3-5H,6H2,1-2H3,(H,11,15). The Hall–Kier alpha value is -2.11. The van der Waals surface area contributed by atoms with Gasteiger partial charge in [0.2, 0.25) is 5.91 Å². The van der Waals surface area contributed by atoms with E-state index in [0.717, 1.165) is 0 Å². The lowest BCUT2D eigenvalue weighted by atomic mass is 10.5. The summed E-state index contributed by atoms with van der Waals surface area (Å²) in [5, 5.41) is 6.52. The highest BCUT2D eigenvalue weighted by Gasteiger charge is 2.09. The molecule has 0 fully saturated rings. The first kappa shape index (κ1) is 10.4. The number of hydrogen-bond acceptors (Lipinski definition) is 3. The summed E-state index contributed by atoms with van der Waals surface area (Å²) in [6.45, 7) is 1.73. The number of carbonyl (C=O) groups excluding carboxylic acids is 1. The molecule has 0 radical (unpaired) electrons. The Balaban J connectivity index is 2.58. The minimum atomic E-state index is -0.265. The third-order valence-electron chi connectivity index (χ3n) is 2.39. The van der Waals surface area contributed by atoms with Gasteiger partial charge in [0.15, 0.2) is 0 Å². The maximum Gasteiger partial charge on any atom is 0.291 e. The van der Waals surface area contributed by atoms with Crippen LogP contribution in [0.4, 0.5) is 0 Å². The highest BCUT2D eigenvalue weighted by Crippen LogP contribution is 2.00. The Morgan fingerprint density at radius 1 is 1.56 bits per heavy atom. The molecule has 6 heteroatoms. The van der Waals surface area contributed by atoms with E-state index in [4.69, 9.17) is 0 Å². The van der Waals surface area contributed by atoms with Crippen molar-refractivity contribution in [3.05, 3.63) is 34.5 Å². The maximum atomic E-state index is 11.9. The molecule has 0 saturated heterocycles. The molecular weight excluding hydrogens is 208 g/mol. The number of amides is 1. The largest absolute Gasteiger partial charge is 0.358 e. The molecule has 0 saturated carbocycles. The lowest BCUT2D eigenvalue weighted by Crippen LogP contribution is -2.33. The van der Waals surface area contributed by atoms with Crippen LogP contribution in [-0.2, 0) is 11.3 Å².